The van der Waals surface area contributed by atoms with Crippen molar-refractivity contribution in [2.75, 3.05) is 18.4 Å². The molecule has 0 aliphatic heterocycles. The molecule has 0 aliphatic carbocycles. The topological polar surface area (TPSA) is 93.3 Å². The first-order chi connectivity index (χ1) is 10.9. The summed E-state index contributed by atoms with van der Waals surface area (Å²) in [5.41, 5.74) is -0.651. The van der Waals surface area contributed by atoms with E-state index >= 15 is 0 Å². The lowest BCUT2D eigenvalue weighted by Gasteiger charge is -2.12. The summed E-state index contributed by atoms with van der Waals surface area (Å²) in [4.78, 5) is -0.541. The molecular weight excluding hydrogens is 332 g/mol. The number of aromatic nitrogens is 2. The Balaban J connectivity index is 2.34. The number of aromatic amines is 1. The van der Waals surface area contributed by atoms with E-state index in [1.165, 1.54) is 19.2 Å². The molecule has 0 saturated carbocycles. The number of rotatable bonds is 7. The smallest absolute Gasteiger partial charge is 0.265 e. The van der Waals surface area contributed by atoms with Crippen LogP contribution in [0.1, 0.15) is 18.9 Å². The maximum Gasteiger partial charge on any atom is 0.265 e. The molecule has 0 spiro atoms. The predicted molar refractivity (Wildman–Crippen MR) is 78.5 cm³/mol. The molecule has 0 amide bonds. The molecule has 23 heavy (non-hydrogen) atoms. The van der Waals surface area contributed by atoms with E-state index in [2.05, 4.69) is 14.9 Å². The van der Waals surface area contributed by atoms with Gasteiger partial charge in [0.1, 0.15) is 11.6 Å². The van der Waals surface area contributed by atoms with Gasteiger partial charge in [0.05, 0.1) is 18.6 Å². The van der Waals surface area contributed by atoms with Gasteiger partial charge in [0, 0.05) is 11.6 Å². The van der Waals surface area contributed by atoms with Gasteiger partial charge in [-0.05, 0) is 25.1 Å². The summed E-state index contributed by atoms with van der Waals surface area (Å²) >= 11 is 0. The molecular formula is C13H15F2N3O4S. The third-order valence-electron chi connectivity index (χ3n) is 2.83. The molecule has 7 nitrogen and oxygen atoms in total. The molecule has 0 atom stereocenters. The molecule has 126 valence electrons. The van der Waals surface area contributed by atoms with Crippen LogP contribution in [-0.4, -0.2) is 32.3 Å². The van der Waals surface area contributed by atoms with Crippen LogP contribution >= 0.6 is 0 Å². The first kappa shape index (κ1) is 17.0. The highest BCUT2D eigenvalue weighted by atomic mass is 32.2. The molecule has 0 aliphatic rings. The van der Waals surface area contributed by atoms with Gasteiger partial charge in [-0.1, -0.05) is 0 Å². The van der Waals surface area contributed by atoms with Gasteiger partial charge >= 0.3 is 0 Å². The highest BCUT2D eigenvalue weighted by Gasteiger charge is 2.25. The number of anilines is 1. The first-order valence-corrected chi connectivity index (χ1v) is 8.02. The number of nitrogens with one attached hydrogen (secondary N) is 2. The average Bonchev–Trinajstić information content (AvgIpc) is 2.93. The summed E-state index contributed by atoms with van der Waals surface area (Å²) in [7, 11) is -2.93. The maximum absolute atomic E-state index is 13.1. The number of ether oxygens (including phenoxy) is 2. The Hall–Kier alpha value is -2.36. The van der Waals surface area contributed by atoms with Crippen molar-refractivity contribution in [3.8, 4) is 11.6 Å². The largest absolute Gasteiger partial charge is 0.497 e. The second-order valence-corrected chi connectivity index (χ2v) is 6.01. The van der Waals surface area contributed by atoms with Crippen molar-refractivity contribution < 1.29 is 26.7 Å². The van der Waals surface area contributed by atoms with Crippen LogP contribution in [0.25, 0.3) is 0 Å². The van der Waals surface area contributed by atoms with Gasteiger partial charge in [0.25, 0.3) is 16.4 Å². The average molecular weight is 347 g/mol. The van der Waals surface area contributed by atoms with Crippen LogP contribution in [0.2, 0.25) is 0 Å². The lowest BCUT2D eigenvalue weighted by Crippen LogP contribution is -2.15. The van der Waals surface area contributed by atoms with E-state index in [1.54, 1.807) is 6.92 Å². The molecule has 1 aromatic carbocycles. The molecule has 0 bridgehead atoms. The zero-order valence-corrected chi connectivity index (χ0v) is 13.2. The number of alkyl halides is 2. The van der Waals surface area contributed by atoms with Gasteiger partial charge in [-0.2, -0.15) is 0 Å². The number of hydrogen-bond acceptors (Lipinski definition) is 5. The van der Waals surface area contributed by atoms with Crippen LogP contribution < -0.4 is 14.2 Å². The number of nitrogens with zero attached hydrogens (tertiary/aromatic N) is 1. The van der Waals surface area contributed by atoms with E-state index in [0.717, 1.165) is 12.1 Å². The first-order valence-electron chi connectivity index (χ1n) is 6.54. The lowest BCUT2D eigenvalue weighted by molar-refractivity contribution is 0.147. The van der Waals surface area contributed by atoms with Crippen LogP contribution in [0, 0.1) is 0 Å². The summed E-state index contributed by atoms with van der Waals surface area (Å²) in [6, 6.07) is 4.64. The van der Waals surface area contributed by atoms with Gasteiger partial charge in [-0.3, -0.25) is 9.82 Å². The van der Waals surface area contributed by atoms with Crippen molar-refractivity contribution in [3.05, 3.63) is 29.8 Å². The Kier molecular flexibility index (Phi) is 5.04. The van der Waals surface area contributed by atoms with Crippen molar-refractivity contribution in [2.24, 2.45) is 0 Å². The number of hydrogen-bond donors (Lipinski definition) is 2. The van der Waals surface area contributed by atoms with Gasteiger partial charge < -0.3 is 9.47 Å². The van der Waals surface area contributed by atoms with E-state index in [4.69, 9.17) is 9.47 Å². The number of benzene rings is 1. The maximum atomic E-state index is 13.1. The van der Waals surface area contributed by atoms with Crippen LogP contribution in [0.3, 0.4) is 0 Å². The van der Waals surface area contributed by atoms with Crippen LogP contribution in [-0.2, 0) is 10.0 Å². The molecule has 10 heteroatoms. The van der Waals surface area contributed by atoms with E-state index in [1.807, 2.05) is 0 Å². The van der Waals surface area contributed by atoms with Crippen molar-refractivity contribution in [2.45, 2.75) is 18.2 Å². The number of halogens is 2. The summed E-state index contributed by atoms with van der Waals surface area (Å²) in [5.74, 6) is 0.331. The summed E-state index contributed by atoms with van der Waals surface area (Å²) < 4.78 is 63.0. The Morgan fingerprint density at radius 3 is 2.70 bits per heavy atom. The summed E-state index contributed by atoms with van der Waals surface area (Å²) in [5, 5.41) is 6.14. The monoisotopic (exact) mass is 347 g/mol. The molecule has 2 aromatic rings. The molecule has 2 rings (SSSR count). The summed E-state index contributed by atoms with van der Waals surface area (Å²) in [6.07, 6.45) is -2.97. The number of H-pyrrole nitrogens is 1. The second kappa shape index (κ2) is 6.82. The van der Waals surface area contributed by atoms with E-state index in [9.17, 15) is 17.2 Å². The van der Waals surface area contributed by atoms with Gasteiger partial charge in [0.2, 0.25) is 5.88 Å². The van der Waals surface area contributed by atoms with Crippen molar-refractivity contribution in [1.29, 1.82) is 0 Å². The zero-order valence-electron chi connectivity index (χ0n) is 12.3. The minimum atomic E-state index is -4.23. The van der Waals surface area contributed by atoms with Crippen LogP contribution in [0.4, 0.5) is 14.6 Å². The van der Waals surface area contributed by atoms with Gasteiger partial charge in [-0.25, -0.2) is 17.2 Å². The molecule has 0 radical (unpaired) electrons. The van der Waals surface area contributed by atoms with E-state index in [0.29, 0.717) is 6.61 Å². The van der Waals surface area contributed by atoms with Crippen LogP contribution in [0.5, 0.6) is 11.6 Å². The minimum Gasteiger partial charge on any atom is -0.497 e. The number of methoxy groups -OCH3 is 1. The minimum absolute atomic E-state index is 0.00415. The fourth-order valence-electron chi connectivity index (χ4n) is 1.85. The predicted octanol–water partition coefficient (Wildman–Crippen LogP) is 2.56. The highest BCUT2D eigenvalue weighted by molar-refractivity contribution is 7.92. The third-order valence-corrected chi connectivity index (χ3v) is 4.27. The SMILES string of the molecule is CCOc1cc(NS(=O)(=O)c2ccc(OC)cc2C(F)F)[nH]n1. The lowest BCUT2D eigenvalue weighted by atomic mass is 10.2. The van der Waals surface area contributed by atoms with Crippen molar-refractivity contribution in [1.82, 2.24) is 10.2 Å². The fraction of sp³-hybridized carbons (Fsp3) is 0.308. The van der Waals surface area contributed by atoms with Crippen molar-refractivity contribution in [3.63, 3.8) is 0 Å². The second-order valence-electron chi connectivity index (χ2n) is 4.36. The summed E-state index contributed by atoms with van der Waals surface area (Å²) in [6.45, 7) is 2.09. The van der Waals surface area contributed by atoms with E-state index in [-0.39, 0.29) is 17.4 Å². The normalized spacial score (nSPS) is 11.5. The fourth-order valence-corrected chi connectivity index (χ4v) is 3.06. The Morgan fingerprint density at radius 1 is 1.35 bits per heavy atom. The molecule has 1 aromatic heterocycles. The van der Waals surface area contributed by atoms with E-state index < -0.39 is 26.9 Å². The van der Waals surface area contributed by atoms with Gasteiger partial charge in [-0.15, -0.1) is 5.10 Å². The van der Waals surface area contributed by atoms with Crippen molar-refractivity contribution >= 4 is 15.8 Å². The Labute approximate surface area is 131 Å². The van der Waals surface area contributed by atoms with Crippen LogP contribution in [0.15, 0.2) is 29.2 Å². The molecule has 0 saturated heterocycles. The van der Waals surface area contributed by atoms with Gasteiger partial charge in [0.15, 0.2) is 0 Å². The Bertz CT molecular complexity index is 777. The molecule has 2 N–H and O–H groups in total. The Morgan fingerprint density at radius 2 is 2.09 bits per heavy atom. The third kappa shape index (κ3) is 3.89. The highest BCUT2D eigenvalue weighted by Crippen LogP contribution is 2.31. The molecule has 1 heterocycles. The standard InChI is InChI=1S/C13H15F2N3O4S/c1-3-22-12-7-11(16-17-12)18-23(19,20)10-5-4-8(21-2)6-9(10)13(14)15/h4-7,13H,3H2,1-2H3,(H2,16,17,18). The quantitative estimate of drug-likeness (QED) is 0.803. The molecule has 0 fully saturated rings. The number of sulfonamides is 1. The molecule has 0 unspecified atom stereocenters. The zero-order chi connectivity index (χ0) is 17.0.